The normalized spacial score (nSPS) is 19.3. The highest BCUT2D eigenvalue weighted by Gasteiger charge is 2.41. The summed E-state index contributed by atoms with van der Waals surface area (Å²) >= 11 is 0. The molecule has 0 aromatic rings. The van der Waals surface area contributed by atoms with Crippen LogP contribution in [-0.2, 0) is 9.53 Å². The van der Waals surface area contributed by atoms with Crippen LogP contribution in [0.4, 0.5) is 4.79 Å². The number of carbonyl (C=O) groups is 2. The molecule has 3 N–H and O–H groups in total. The van der Waals surface area contributed by atoms with E-state index in [9.17, 15) is 9.59 Å². The molecule has 2 rings (SSSR count). The van der Waals surface area contributed by atoms with Gasteiger partial charge in [0.2, 0.25) is 5.91 Å². The zero-order valence-corrected chi connectivity index (χ0v) is 17.6. The van der Waals surface area contributed by atoms with E-state index in [4.69, 9.17) is 0 Å². The molecule has 1 aliphatic heterocycles. The van der Waals surface area contributed by atoms with Gasteiger partial charge in [0.25, 0.3) is 0 Å². The first kappa shape index (κ1) is 24.1. The van der Waals surface area contributed by atoms with Gasteiger partial charge in [0.15, 0.2) is 0 Å². The second-order valence-electron chi connectivity index (χ2n) is 6.52. The van der Waals surface area contributed by atoms with Gasteiger partial charge in [-0.3, -0.25) is 4.79 Å². The van der Waals surface area contributed by atoms with Crippen molar-refractivity contribution in [3.8, 4) is 0 Å². The molecule has 152 valence electrons. The first-order chi connectivity index (χ1) is 12.4. The Kier molecular flexibility index (Phi) is 11.5. The summed E-state index contributed by atoms with van der Waals surface area (Å²) < 4.78 is 4.45. The molecule has 0 aromatic carbocycles. The molecule has 1 heterocycles. The fourth-order valence-corrected chi connectivity index (χ4v) is 2.79. The number of hydrogen-bond donors (Lipinski definition) is 3. The summed E-state index contributed by atoms with van der Waals surface area (Å²) in [6.07, 6.45) is 6.78. The molecular formula is C19H38N4O3. The van der Waals surface area contributed by atoms with Crippen LogP contribution in [0.3, 0.4) is 0 Å². The van der Waals surface area contributed by atoms with E-state index in [1.54, 1.807) is 0 Å². The van der Waals surface area contributed by atoms with Crippen molar-refractivity contribution >= 4 is 12.0 Å². The number of amides is 2. The molecule has 2 amide bonds. The summed E-state index contributed by atoms with van der Waals surface area (Å²) in [7, 11) is 3.32. The number of methoxy groups -OCH3 is 1. The third-order valence-electron chi connectivity index (χ3n) is 4.39. The Balaban J connectivity index is 0.00000113. The third-order valence-corrected chi connectivity index (χ3v) is 4.39. The fraction of sp³-hybridized carbons (Fsp3) is 0.789. The van der Waals surface area contributed by atoms with Gasteiger partial charge in [-0.15, -0.1) is 0 Å². The van der Waals surface area contributed by atoms with Crippen LogP contribution < -0.4 is 16.0 Å². The summed E-state index contributed by atoms with van der Waals surface area (Å²) in [6.45, 7) is 10.2. The van der Waals surface area contributed by atoms with Crippen LogP contribution in [0.1, 0.15) is 66.7 Å². The number of nitrogens with one attached hydrogen (secondary N) is 3. The molecule has 1 aliphatic carbocycles. The molecule has 2 aliphatic rings. The number of ether oxygens (including phenoxy) is 1. The molecule has 7 heteroatoms. The van der Waals surface area contributed by atoms with Gasteiger partial charge in [-0.05, 0) is 26.2 Å². The molecule has 0 spiro atoms. The van der Waals surface area contributed by atoms with E-state index in [1.165, 1.54) is 19.2 Å². The molecule has 1 saturated carbocycles. The van der Waals surface area contributed by atoms with E-state index in [-0.39, 0.29) is 24.2 Å². The van der Waals surface area contributed by atoms with E-state index >= 15 is 0 Å². The van der Waals surface area contributed by atoms with Gasteiger partial charge in [-0.2, -0.15) is 0 Å². The van der Waals surface area contributed by atoms with E-state index < -0.39 is 6.09 Å². The van der Waals surface area contributed by atoms with Crippen LogP contribution in [0.2, 0.25) is 0 Å². The standard InChI is InChI=1S/C14H24N4O3.C3H8.C2H6/c1-10-8-15-11(18(10)2)7-14(5-4-6-14)17-12(19)9-16-13(20)21-3;1-3-2;1-2/h8,11,15H,4-7,9H2,1-3H3,(H,16,20)(H,17,19);3H2,1-2H3;1-2H3. The Bertz CT molecular complexity index is 462. The van der Waals surface area contributed by atoms with Crippen molar-refractivity contribution in [2.75, 3.05) is 20.7 Å². The highest BCUT2D eigenvalue weighted by Crippen LogP contribution is 2.37. The van der Waals surface area contributed by atoms with Crippen LogP contribution in [0.15, 0.2) is 11.9 Å². The summed E-state index contributed by atoms with van der Waals surface area (Å²) in [4.78, 5) is 25.1. The van der Waals surface area contributed by atoms with Gasteiger partial charge >= 0.3 is 6.09 Å². The van der Waals surface area contributed by atoms with Gasteiger partial charge in [-0.25, -0.2) is 4.79 Å². The van der Waals surface area contributed by atoms with Gasteiger partial charge in [0.1, 0.15) is 12.7 Å². The minimum Gasteiger partial charge on any atom is -0.453 e. The molecule has 0 bridgehead atoms. The summed E-state index contributed by atoms with van der Waals surface area (Å²) in [5.74, 6) is -0.176. The molecular weight excluding hydrogens is 332 g/mol. The molecule has 0 saturated heterocycles. The van der Waals surface area contributed by atoms with E-state index in [2.05, 4.69) is 46.4 Å². The summed E-state index contributed by atoms with van der Waals surface area (Å²) in [5.41, 5.74) is 1.02. The largest absolute Gasteiger partial charge is 0.453 e. The third kappa shape index (κ3) is 7.54. The van der Waals surface area contributed by atoms with Gasteiger partial charge in [0, 0.05) is 30.9 Å². The number of hydrogen-bond acceptors (Lipinski definition) is 5. The maximum absolute atomic E-state index is 12.0. The second-order valence-corrected chi connectivity index (χ2v) is 6.52. The number of nitrogens with zero attached hydrogens (tertiary/aromatic N) is 1. The first-order valence-corrected chi connectivity index (χ1v) is 9.66. The van der Waals surface area contributed by atoms with Crippen molar-refractivity contribution in [2.45, 2.75) is 78.4 Å². The van der Waals surface area contributed by atoms with Crippen molar-refractivity contribution in [1.82, 2.24) is 20.9 Å². The lowest BCUT2D eigenvalue weighted by Crippen LogP contribution is -2.59. The van der Waals surface area contributed by atoms with Gasteiger partial charge in [-0.1, -0.05) is 34.1 Å². The lowest BCUT2D eigenvalue weighted by Gasteiger charge is -2.45. The number of carbonyl (C=O) groups excluding carboxylic acids is 2. The smallest absolute Gasteiger partial charge is 0.407 e. The van der Waals surface area contributed by atoms with E-state index in [0.29, 0.717) is 0 Å². The van der Waals surface area contributed by atoms with Crippen LogP contribution in [-0.4, -0.2) is 49.3 Å². The van der Waals surface area contributed by atoms with Crippen molar-refractivity contribution < 1.29 is 14.3 Å². The second kappa shape index (κ2) is 12.4. The van der Waals surface area contributed by atoms with E-state index in [1.807, 2.05) is 27.1 Å². The topological polar surface area (TPSA) is 82.7 Å². The maximum atomic E-state index is 12.0. The van der Waals surface area contributed by atoms with Gasteiger partial charge in [0.05, 0.1) is 7.11 Å². The number of rotatable bonds is 5. The summed E-state index contributed by atoms with van der Waals surface area (Å²) in [5, 5.41) is 8.81. The molecule has 0 radical (unpaired) electrons. The average molecular weight is 371 g/mol. The molecule has 1 atom stereocenters. The molecule has 1 fully saturated rings. The van der Waals surface area contributed by atoms with Crippen molar-refractivity contribution in [1.29, 1.82) is 0 Å². The van der Waals surface area contributed by atoms with Crippen molar-refractivity contribution in [3.63, 3.8) is 0 Å². The Morgan fingerprint density at radius 2 is 1.92 bits per heavy atom. The van der Waals surface area contributed by atoms with Crippen LogP contribution >= 0.6 is 0 Å². The Hall–Kier alpha value is -1.92. The van der Waals surface area contributed by atoms with Crippen LogP contribution in [0.25, 0.3) is 0 Å². The number of allylic oxidation sites excluding steroid dienone is 1. The van der Waals surface area contributed by atoms with Crippen LogP contribution in [0, 0.1) is 0 Å². The molecule has 0 aromatic heterocycles. The zero-order chi connectivity index (χ0) is 20.2. The monoisotopic (exact) mass is 370 g/mol. The Labute approximate surface area is 158 Å². The minimum absolute atomic E-state index is 0.0559. The predicted molar refractivity (Wildman–Crippen MR) is 106 cm³/mol. The fourth-order valence-electron chi connectivity index (χ4n) is 2.79. The van der Waals surface area contributed by atoms with Crippen molar-refractivity contribution in [3.05, 3.63) is 11.9 Å². The number of alkyl carbamates (subject to hydrolysis) is 1. The predicted octanol–water partition coefficient (Wildman–Crippen LogP) is 2.94. The molecule has 1 unspecified atom stereocenters. The Morgan fingerprint density at radius 1 is 1.35 bits per heavy atom. The van der Waals surface area contributed by atoms with Crippen molar-refractivity contribution in [2.24, 2.45) is 0 Å². The molecule has 7 nitrogen and oxygen atoms in total. The summed E-state index contributed by atoms with van der Waals surface area (Å²) in [6, 6.07) is 0. The first-order valence-electron chi connectivity index (χ1n) is 9.66. The quantitative estimate of drug-likeness (QED) is 0.693. The lowest BCUT2D eigenvalue weighted by molar-refractivity contribution is -0.123. The molecule has 26 heavy (non-hydrogen) atoms. The average Bonchev–Trinajstić information content (AvgIpc) is 2.92. The lowest BCUT2D eigenvalue weighted by atomic mass is 9.73. The Morgan fingerprint density at radius 3 is 2.31 bits per heavy atom. The van der Waals surface area contributed by atoms with Crippen LogP contribution in [0.5, 0.6) is 0 Å². The SMILES string of the molecule is CC.CCC.COC(=O)NCC(=O)NC1(CC2NC=C(C)N2C)CCC1. The van der Waals surface area contributed by atoms with E-state index in [0.717, 1.165) is 25.7 Å². The van der Waals surface area contributed by atoms with Gasteiger partial charge < -0.3 is 25.6 Å². The highest BCUT2D eigenvalue weighted by atomic mass is 16.5. The maximum Gasteiger partial charge on any atom is 0.407 e. The zero-order valence-electron chi connectivity index (χ0n) is 17.6. The minimum atomic E-state index is -0.593. The highest BCUT2D eigenvalue weighted by molar-refractivity contribution is 5.82.